The molecule has 27 heavy (non-hydrogen) atoms. The molecule has 0 spiro atoms. The third-order valence-corrected chi connectivity index (χ3v) is 4.94. The predicted molar refractivity (Wildman–Crippen MR) is 112 cm³/mol. The second-order valence-electron chi connectivity index (χ2n) is 7.81. The molecule has 1 unspecified atom stereocenters. The van der Waals surface area contributed by atoms with E-state index in [1.807, 2.05) is 0 Å². The van der Waals surface area contributed by atoms with Gasteiger partial charge in [-0.1, -0.05) is 78.6 Å². The van der Waals surface area contributed by atoms with Crippen LogP contribution in [0.4, 0.5) is 0 Å². The Kier molecular flexibility index (Phi) is 18.9. The van der Waals surface area contributed by atoms with Gasteiger partial charge in [0.2, 0.25) is 0 Å². The molecule has 1 atom stereocenters. The highest BCUT2D eigenvalue weighted by atomic mass is 16.5. The topological polar surface area (TPSA) is 52.6 Å². The standard InChI is InChI=1S/C23H44O4/c1-4-6-19-26-22(24)16-14-12-10-8-9-11-13-15-21(3)17-18-23(25)27-20-7-5-2/h21H,4-20H2,1-3H3. The van der Waals surface area contributed by atoms with Crippen LogP contribution in [0.1, 0.15) is 117 Å². The van der Waals surface area contributed by atoms with Crippen LogP contribution in [-0.2, 0) is 19.1 Å². The molecule has 0 aromatic heterocycles. The third kappa shape index (κ3) is 19.5. The number of esters is 2. The van der Waals surface area contributed by atoms with Gasteiger partial charge in [0.05, 0.1) is 13.2 Å². The van der Waals surface area contributed by atoms with Crippen LogP contribution in [0.3, 0.4) is 0 Å². The zero-order valence-electron chi connectivity index (χ0n) is 18.2. The van der Waals surface area contributed by atoms with E-state index < -0.39 is 0 Å². The van der Waals surface area contributed by atoms with Crippen molar-refractivity contribution in [2.45, 2.75) is 117 Å². The lowest BCUT2D eigenvalue weighted by molar-refractivity contribution is -0.144. The zero-order chi connectivity index (χ0) is 20.2. The van der Waals surface area contributed by atoms with E-state index in [1.165, 1.54) is 38.5 Å². The Labute approximate surface area is 167 Å². The molecule has 0 aromatic carbocycles. The van der Waals surface area contributed by atoms with Crippen molar-refractivity contribution in [2.24, 2.45) is 5.92 Å². The van der Waals surface area contributed by atoms with E-state index >= 15 is 0 Å². The first-order valence-electron chi connectivity index (χ1n) is 11.4. The summed E-state index contributed by atoms with van der Waals surface area (Å²) < 4.78 is 10.3. The minimum atomic E-state index is -0.0375. The summed E-state index contributed by atoms with van der Waals surface area (Å²) in [6, 6.07) is 0. The Hall–Kier alpha value is -1.06. The normalized spacial score (nSPS) is 12.0. The van der Waals surface area contributed by atoms with E-state index in [0.717, 1.165) is 44.9 Å². The zero-order valence-corrected chi connectivity index (χ0v) is 18.2. The maximum absolute atomic E-state index is 11.6. The van der Waals surface area contributed by atoms with Gasteiger partial charge in [0, 0.05) is 12.8 Å². The predicted octanol–water partition coefficient (Wildman–Crippen LogP) is 6.60. The van der Waals surface area contributed by atoms with Gasteiger partial charge in [0.1, 0.15) is 0 Å². The van der Waals surface area contributed by atoms with Gasteiger partial charge in [-0.15, -0.1) is 0 Å². The first-order valence-corrected chi connectivity index (χ1v) is 11.4. The summed E-state index contributed by atoms with van der Waals surface area (Å²) in [5.74, 6) is 0.527. The molecule has 0 radical (unpaired) electrons. The molecule has 4 heteroatoms. The maximum atomic E-state index is 11.6. The third-order valence-electron chi connectivity index (χ3n) is 4.94. The Morgan fingerprint density at radius 2 is 1.11 bits per heavy atom. The van der Waals surface area contributed by atoms with E-state index in [1.54, 1.807) is 0 Å². The molecule has 0 heterocycles. The van der Waals surface area contributed by atoms with Crippen molar-refractivity contribution in [3.8, 4) is 0 Å². The van der Waals surface area contributed by atoms with Crippen molar-refractivity contribution in [1.82, 2.24) is 0 Å². The lowest BCUT2D eigenvalue weighted by Gasteiger charge is -2.11. The fraction of sp³-hybridized carbons (Fsp3) is 0.913. The fourth-order valence-corrected chi connectivity index (χ4v) is 2.96. The summed E-state index contributed by atoms with van der Waals surface area (Å²) in [6.45, 7) is 7.58. The number of ether oxygens (including phenoxy) is 2. The SMILES string of the molecule is CCCCOC(=O)CCCCCCCCCC(C)CCC(=O)OCCCC. The molecule has 0 aliphatic heterocycles. The van der Waals surface area contributed by atoms with E-state index in [-0.39, 0.29) is 11.9 Å². The van der Waals surface area contributed by atoms with Gasteiger partial charge in [0.25, 0.3) is 0 Å². The summed E-state index contributed by atoms with van der Waals surface area (Å²) >= 11 is 0. The first kappa shape index (κ1) is 25.9. The molecule has 160 valence electrons. The smallest absolute Gasteiger partial charge is 0.305 e. The van der Waals surface area contributed by atoms with Gasteiger partial charge in [-0.25, -0.2) is 0 Å². The second kappa shape index (κ2) is 19.7. The van der Waals surface area contributed by atoms with Crippen molar-refractivity contribution >= 4 is 11.9 Å². The van der Waals surface area contributed by atoms with E-state index in [2.05, 4.69) is 20.8 Å². The largest absolute Gasteiger partial charge is 0.466 e. The van der Waals surface area contributed by atoms with Crippen molar-refractivity contribution in [3.05, 3.63) is 0 Å². The number of rotatable bonds is 19. The Morgan fingerprint density at radius 3 is 1.67 bits per heavy atom. The lowest BCUT2D eigenvalue weighted by atomic mass is 9.97. The van der Waals surface area contributed by atoms with Crippen LogP contribution in [-0.4, -0.2) is 25.2 Å². The van der Waals surface area contributed by atoms with Gasteiger partial charge in [0.15, 0.2) is 0 Å². The minimum absolute atomic E-state index is 0.0355. The quantitative estimate of drug-likeness (QED) is 0.186. The minimum Gasteiger partial charge on any atom is -0.466 e. The summed E-state index contributed by atoms with van der Waals surface area (Å²) in [7, 11) is 0. The summed E-state index contributed by atoms with van der Waals surface area (Å²) in [6.07, 6.45) is 15.7. The van der Waals surface area contributed by atoms with Crippen LogP contribution >= 0.6 is 0 Å². The van der Waals surface area contributed by atoms with Crippen LogP contribution in [0.25, 0.3) is 0 Å². The molecule has 0 N–H and O–H groups in total. The molecule has 0 aliphatic carbocycles. The van der Waals surface area contributed by atoms with Gasteiger partial charge in [-0.2, -0.15) is 0 Å². The molecule has 0 aliphatic rings. The Bertz CT molecular complexity index is 354. The highest BCUT2D eigenvalue weighted by molar-refractivity contribution is 5.69. The lowest BCUT2D eigenvalue weighted by Crippen LogP contribution is -2.07. The average Bonchev–Trinajstić information content (AvgIpc) is 2.65. The molecule has 0 bridgehead atoms. The summed E-state index contributed by atoms with van der Waals surface area (Å²) in [5, 5.41) is 0. The van der Waals surface area contributed by atoms with Crippen LogP contribution in [0.5, 0.6) is 0 Å². The maximum Gasteiger partial charge on any atom is 0.305 e. The fourth-order valence-electron chi connectivity index (χ4n) is 2.96. The van der Waals surface area contributed by atoms with Crippen molar-refractivity contribution in [3.63, 3.8) is 0 Å². The summed E-state index contributed by atoms with van der Waals surface area (Å²) in [4.78, 5) is 23.0. The highest BCUT2D eigenvalue weighted by Crippen LogP contribution is 2.17. The van der Waals surface area contributed by atoms with Crippen LogP contribution < -0.4 is 0 Å². The van der Waals surface area contributed by atoms with Crippen molar-refractivity contribution in [1.29, 1.82) is 0 Å². The molecule has 4 nitrogen and oxygen atoms in total. The van der Waals surface area contributed by atoms with Gasteiger partial charge < -0.3 is 9.47 Å². The molecule has 0 saturated heterocycles. The van der Waals surface area contributed by atoms with E-state index in [4.69, 9.17) is 9.47 Å². The highest BCUT2D eigenvalue weighted by Gasteiger charge is 2.08. The molecular weight excluding hydrogens is 340 g/mol. The average molecular weight is 385 g/mol. The Balaban J connectivity index is 3.33. The van der Waals surface area contributed by atoms with Gasteiger partial charge in [-0.3, -0.25) is 9.59 Å². The molecule has 0 amide bonds. The molecule has 0 rings (SSSR count). The van der Waals surface area contributed by atoms with Crippen LogP contribution in [0, 0.1) is 5.92 Å². The second-order valence-corrected chi connectivity index (χ2v) is 7.81. The van der Waals surface area contributed by atoms with E-state index in [9.17, 15) is 9.59 Å². The number of carbonyl (C=O) groups excluding carboxylic acids is 2. The van der Waals surface area contributed by atoms with Crippen molar-refractivity contribution < 1.29 is 19.1 Å². The van der Waals surface area contributed by atoms with E-state index in [0.29, 0.717) is 32.0 Å². The number of unbranched alkanes of at least 4 members (excludes halogenated alkanes) is 8. The van der Waals surface area contributed by atoms with Crippen LogP contribution in [0.15, 0.2) is 0 Å². The molecular formula is C23H44O4. The van der Waals surface area contributed by atoms with Gasteiger partial charge >= 0.3 is 11.9 Å². The van der Waals surface area contributed by atoms with Gasteiger partial charge in [-0.05, 0) is 31.6 Å². The number of hydrogen-bond donors (Lipinski definition) is 0. The number of hydrogen-bond acceptors (Lipinski definition) is 4. The molecule has 0 aromatic rings. The van der Waals surface area contributed by atoms with Crippen molar-refractivity contribution in [2.75, 3.05) is 13.2 Å². The van der Waals surface area contributed by atoms with Crippen LogP contribution in [0.2, 0.25) is 0 Å². The monoisotopic (exact) mass is 384 g/mol. The number of carbonyl (C=O) groups is 2. The Morgan fingerprint density at radius 1 is 0.630 bits per heavy atom. The molecule has 0 saturated carbocycles. The first-order chi connectivity index (χ1) is 13.1. The molecule has 0 fully saturated rings. The summed E-state index contributed by atoms with van der Waals surface area (Å²) in [5.41, 5.74) is 0.